The van der Waals surface area contributed by atoms with Crippen molar-refractivity contribution in [1.82, 2.24) is 5.32 Å². The first-order chi connectivity index (χ1) is 14.7. The zero-order valence-corrected chi connectivity index (χ0v) is 18.0. The molecule has 162 valence electrons. The van der Waals surface area contributed by atoms with Crippen LogP contribution in [-0.4, -0.2) is 27.9 Å². The Balaban J connectivity index is 1.64. The van der Waals surface area contributed by atoms with Gasteiger partial charge in [0.1, 0.15) is 0 Å². The number of rotatable bonds is 7. The molecule has 3 rings (SSSR count). The van der Waals surface area contributed by atoms with Crippen molar-refractivity contribution in [3.05, 3.63) is 64.2 Å². The Morgan fingerprint density at radius 2 is 1.84 bits per heavy atom. The highest BCUT2D eigenvalue weighted by Gasteiger charge is 2.42. The zero-order valence-electron chi connectivity index (χ0n) is 17.2. The molecule has 1 saturated heterocycles. The van der Waals surface area contributed by atoms with Crippen molar-refractivity contribution in [1.29, 1.82) is 0 Å². The highest BCUT2D eigenvalue weighted by Crippen LogP contribution is 2.36. The van der Waals surface area contributed by atoms with Gasteiger partial charge < -0.3 is 5.32 Å². The molecule has 1 heterocycles. The Hall–Kier alpha value is -3.20. The van der Waals surface area contributed by atoms with Crippen LogP contribution in [0.2, 0.25) is 0 Å². The summed E-state index contributed by atoms with van der Waals surface area (Å²) in [5.41, 5.74) is 0.673. The van der Waals surface area contributed by atoms with Crippen molar-refractivity contribution in [3.8, 4) is 0 Å². The van der Waals surface area contributed by atoms with Crippen LogP contribution in [0, 0.1) is 10.1 Å². The topological polar surface area (TPSA) is 118 Å². The maximum atomic E-state index is 12.5. The Bertz CT molecular complexity index is 1010. The van der Waals surface area contributed by atoms with Crippen molar-refractivity contribution in [2.45, 2.75) is 48.7 Å². The fraction of sp³-hybridized carbons (Fsp3) is 0.318. The molecule has 0 radical (unpaired) electrons. The number of nitro groups is 1. The van der Waals surface area contributed by atoms with Crippen LogP contribution in [0.25, 0.3) is 0 Å². The van der Waals surface area contributed by atoms with Gasteiger partial charge >= 0.3 is 0 Å². The Kier molecular flexibility index (Phi) is 6.74. The average Bonchev–Trinajstić information content (AvgIpc) is 2.75. The number of non-ortho nitro benzene ring substituents is 1. The van der Waals surface area contributed by atoms with Gasteiger partial charge in [0, 0.05) is 29.1 Å². The third kappa shape index (κ3) is 4.93. The average molecular weight is 442 g/mol. The molecule has 0 spiro atoms. The first-order valence-corrected chi connectivity index (χ1v) is 10.8. The summed E-state index contributed by atoms with van der Waals surface area (Å²) >= 11 is 1.30. The van der Waals surface area contributed by atoms with Gasteiger partial charge in [-0.2, -0.15) is 0 Å². The van der Waals surface area contributed by atoms with Crippen molar-refractivity contribution in [2.75, 3.05) is 5.32 Å². The molecule has 0 aliphatic carbocycles. The van der Waals surface area contributed by atoms with Crippen molar-refractivity contribution in [2.24, 2.45) is 0 Å². The maximum Gasteiger partial charge on any atom is 0.269 e. The molecule has 2 N–H and O–H groups in total. The number of piperidine rings is 1. The smallest absolute Gasteiger partial charge is 0.269 e. The molecule has 1 aliphatic heterocycles. The minimum absolute atomic E-state index is 0.00223. The number of hydrogen-bond acceptors (Lipinski definition) is 6. The van der Waals surface area contributed by atoms with E-state index in [9.17, 15) is 24.5 Å². The zero-order chi connectivity index (χ0) is 22.6. The van der Waals surface area contributed by atoms with Crippen LogP contribution >= 0.6 is 11.8 Å². The number of nitrogens with zero attached hydrogens (tertiary/aromatic N) is 1. The van der Waals surface area contributed by atoms with Crippen molar-refractivity contribution < 1.29 is 19.3 Å². The molecule has 1 aliphatic rings. The second-order valence-electron chi connectivity index (χ2n) is 7.39. The number of hydrogen-bond donors (Lipinski definition) is 2. The first-order valence-electron chi connectivity index (χ1n) is 9.92. The van der Waals surface area contributed by atoms with Gasteiger partial charge in [0.15, 0.2) is 0 Å². The predicted octanol–water partition coefficient (Wildman–Crippen LogP) is 3.80. The number of carbonyl (C=O) groups excluding carboxylic acids is 3. The molecule has 8 nitrogen and oxygen atoms in total. The minimum atomic E-state index is -0.741. The molecular weight excluding hydrogens is 418 g/mol. The molecule has 0 saturated carbocycles. The van der Waals surface area contributed by atoms with Crippen LogP contribution in [0.4, 0.5) is 11.4 Å². The van der Waals surface area contributed by atoms with Crippen LogP contribution in [0.1, 0.15) is 38.7 Å². The van der Waals surface area contributed by atoms with E-state index in [-0.39, 0.29) is 23.4 Å². The summed E-state index contributed by atoms with van der Waals surface area (Å²) in [4.78, 5) is 47.6. The number of benzene rings is 2. The SMILES string of the molecule is CCC1(c2ccc(NC(=O)C(C)Sc3ccc([N+](=O)[O-])cc3)cc2)CCC(=O)NC1=O. The molecule has 1 fully saturated rings. The summed E-state index contributed by atoms with van der Waals surface area (Å²) in [6.07, 6.45) is 1.33. The maximum absolute atomic E-state index is 12.5. The summed E-state index contributed by atoms with van der Waals surface area (Å²) in [5.74, 6) is -0.740. The molecule has 9 heteroatoms. The normalized spacial score (nSPS) is 19.4. The molecule has 0 bridgehead atoms. The molecule has 2 unspecified atom stereocenters. The van der Waals surface area contributed by atoms with Gasteiger partial charge in [-0.1, -0.05) is 19.1 Å². The van der Waals surface area contributed by atoms with Crippen LogP contribution in [0.15, 0.2) is 53.4 Å². The summed E-state index contributed by atoms with van der Waals surface area (Å²) in [6, 6.07) is 13.2. The minimum Gasteiger partial charge on any atom is -0.325 e. The van der Waals surface area contributed by atoms with E-state index in [4.69, 9.17) is 0 Å². The van der Waals surface area contributed by atoms with Crippen LogP contribution in [0.3, 0.4) is 0 Å². The largest absolute Gasteiger partial charge is 0.325 e. The number of anilines is 1. The molecule has 2 aromatic carbocycles. The summed E-state index contributed by atoms with van der Waals surface area (Å²) in [6.45, 7) is 3.67. The van der Waals surface area contributed by atoms with E-state index in [1.165, 1.54) is 23.9 Å². The number of nitro benzene ring substituents is 1. The van der Waals surface area contributed by atoms with Crippen LogP contribution in [0.5, 0.6) is 0 Å². The Labute approximate surface area is 183 Å². The van der Waals surface area contributed by atoms with E-state index in [2.05, 4.69) is 10.6 Å². The number of imide groups is 1. The molecule has 31 heavy (non-hydrogen) atoms. The number of thioether (sulfide) groups is 1. The molecule has 2 atom stereocenters. The van der Waals surface area contributed by atoms with Gasteiger partial charge in [0.25, 0.3) is 5.69 Å². The van der Waals surface area contributed by atoms with E-state index in [1.54, 1.807) is 31.2 Å². The lowest BCUT2D eigenvalue weighted by molar-refractivity contribution is -0.384. The molecule has 0 aromatic heterocycles. The summed E-state index contributed by atoms with van der Waals surface area (Å²) in [5, 5.41) is 15.6. The quantitative estimate of drug-likeness (QED) is 0.292. The van der Waals surface area contributed by atoms with E-state index in [0.29, 0.717) is 24.9 Å². The lowest BCUT2D eigenvalue weighted by Crippen LogP contribution is -2.51. The van der Waals surface area contributed by atoms with Gasteiger partial charge in [-0.3, -0.25) is 29.8 Å². The predicted molar refractivity (Wildman–Crippen MR) is 118 cm³/mol. The fourth-order valence-corrected chi connectivity index (χ4v) is 4.45. The van der Waals surface area contributed by atoms with E-state index in [0.717, 1.165) is 10.5 Å². The second kappa shape index (κ2) is 9.30. The molecule has 2 aromatic rings. The molecule has 3 amide bonds. The van der Waals surface area contributed by atoms with Gasteiger partial charge in [-0.05, 0) is 49.6 Å². The summed E-state index contributed by atoms with van der Waals surface area (Å²) in [7, 11) is 0. The van der Waals surface area contributed by atoms with Gasteiger partial charge in [0.05, 0.1) is 15.6 Å². The van der Waals surface area contributed by atoms with E-state index < -0.39 is 15.6 Å². The van der Waals surface area contributed by atoms with Crippen LogP contribution in [-0.2, 0) is 19.8 Å². The number of amides is 3. The number of carbonyl (C=O) groups is 3. The lowest BCUT2D eigenvalue weighted by Gasteiger charge is -2.35. The molecular formula is C22H23N3O5S. The first kappa shape index (κ1) is 22.5. The van der Waals surface area contributed by atoms with Gasteiger partial charge in [-0.25, -0.2) is 0 Å². The highest BCUT2D eigenvalue weighted by molar-refractivity contribution is 8.00. The fourth-order valence-electron chi connectivity index (χ4n) is 3.59. The van der Waals surface area contributed by atoms with Crippen molar-refractivity contribution >= 4 is 40.9 Å². The van der Waals surface area contributed by atoms with E-state index in [1.807, 2.05) is 19.1 Å². The third-order valence-corrected chi connectivity index (χ3v) is 6.62. The third-order valence-electron chi connectivity index (χ3n) is 5.50. The number of nitrogens with one attached hydrogen (secondary N) is 2. The van der Waals surface area contributed by atoms with Crippen LogP contribution < -0.4 is 10.6 Å². The second-order valence-corrected chi connectivity index (χ2v) is 8.80. The Morgan fingerprint density at radius 1 is 1.19 bits per heavy atom. The monoisotopic (exact) mass is 441 g/mol. The standard InChI is InChI=1S/C22H23N3O5S/c1-3-22(13-12-19(26)24-21(22)28)15-4-6-16(7-5-15)23-20(27)14(2)31-18-10-8-17(9-11-18)25(29)30/h4-11,14H,3,12-13H2,1-2H3,(H,23,27)(H,24,26,28). The van der Waals surface area contributed by atoms with E-state index >= 15 is 0 Å². The summed E-state index contributed by atoms with van der Waals surface area (Å²) < 4.78 is 0. The highest BCUT2D eigenvalue weighted by atomic mass is 32.2. The van der Waals surface area contributed by atoms with Gasteiger partial charge in [0.2, 0.25) is 17.7 Å². The Morgan fingerprint density at radius 3 is 2.39 bits per heavy atom. The lowest BCUT2D eigenvalue weighted by atomic mass is 9.72. The van der Waals surface area contributed by atoms with Gasteiger partial charge in [-0.15, -0.1) is 11.8 Å². The van der Waals surface area contributed by atoms with Crippen molar-refractivity contribution in [3.63, 3.8) is 0 Å².